The van der Waals surface area contributed by atoms with Gasteiger partial charge in [-0.25, -0.2) is 4.79 Å². The predicted octanol–water partition coefficient (Wildman–Crippen LogP) is 2.46. The lowest BCUT2D eigenvalue weighted by molar-refractivity contribution is 0.0698. The minimum absolute atomic E-state index is 0.267. The summed E-state index contributed by atoms with van der Waals surface area (Å²) in [5.41, 5.74) is 1.83. The first-order valence-corrected chi connectivity index (χ1v) is 6.28. The third-order valence-electron chi connectivity index (χ3n) is 3.25. The maximum atomic E-state index is 11.2. The van der Waals surface area contributed by atoms with Gasteiger partial charge in [0.1, 0.15) is 0 Å². The van der Waals surface area contributed by atoms with Gasteiger partial charge in [0.25, 0.3) is 0 Å². The molecular weight excluding hydrogens is 244 g/mol. The van der Waals surface area contributed by atoms with Crippen LogP contribution in [0.4, 0.5) is 5.69 Å². The molecule has 1 saturated heterocycles. The van der Waals surface area contributed by atoms with E-state index >= 15 is 0 Å². The van der Waals surface area contributed by atoms with Crippen molar-refractivity contribution >= 4 is 22.6 Å². The van der Waals surface area contributed by atoms with Gasteiger partial charge in [-0.2, -0.15) is 0 Å². The molecule has 0 saturated carbocycles. The first kappa shape index (κ1) is 11.9. The fraction of sp³-hybridized carbons (Fsp3) is 0.286. The topological polar surface area (TPSA) is 62.7 Å². The van der Waals surface area contributed by atoms with Crippen molar-refractivity contribution in [2.75, 3.05) is 18.2 Å². The van der Waals surface area contributed by atoms with Crippen LogP contribution in [0.1, 0.15) is 23.2 Å². The van der Waals surface area contributed by atoms with Crippen LogP contribution in [-0.4, -0.2) is 29.2 Å². The van der Waals surface area contributed by atoms with Gasteiger partial charge in [0.15, 0.2) is 0 Å². The van der Waals surface area contributed by atoms with E-state index in [0.717, 1.165) is 25.1 Å². The van der Waals surface area contributed by atoms with Crippen molar-refractivity contribution in [3.63, 3.8) is 0 Å². The van der Waals surface area contributed by atoms with Crippen LogP contribution in [-0.2, 0) is 4.84 Å². The number of carbonyl (C=O) groups is 1. The number of aromatic carboxylic acids is 1. The van der Waals surface area contributed by atoms with Gasteiger partial charge in [0.05, 0.1) is 23.4 Å². The van der Waals surface area contributed by atoms with Crippen LogP contribution in [0, 0.1) is 0 Å². The molecule has 1 aliphatic heterocycles. The van der Waals surface area contributed by atoms with Crippen LogP contribution < -0.4 is 5.06 Å². The van der Waals surface area contributed by atoms with Crippen LogP contribution in [0.2, 0.25) is 0 Å². The maximum absolute atomic E-state index is 11.2. The van der Waals surface area contributed by atoms with E-state index in [1.165, 1.54) is 12.3 Å². The highest BCUT2D eigenvalue weighted by Crippen LogP contribution is 2.25. The lowest BCUT2D eigenvalue weighted by Gasteiger charge is -2.28. The van der Waals surface area contributed by atoms with Gasteiger partial charge in [-0.1, -0.05) is 0 Å². The summed E-state index contributed by atoms with van der Waals surface area (Å²) < 4.78 is 0. The molecule has 2 aromatic rings. The number of carboxylic acid groups (broad SMARTS) is 1. The van der Waals surface area contributed by atoms with Crippen LogP contribution in [0.25, 0.3) is 10.9 Å². The zero-order valence-electron chi connectivity index (χ0n) is 10.4. The molecule has 0 radical (unpaired) electrons. The maximum Gasteiger partial charge on any atom is 0.336 e. The molecule has 2 heterocycles. The second kappa shape index (κ2) is 4.85. The minimum atomic E-state index is -0.941. The van der Waals surface area contributed by atoms with Crippen molar-refractivity contribution in [2.45, 2.75) is 12.8 Å². The molecule has 1 N–H and O–H groups in total. The summed E-state index contributed by atoms with van der Waals surface area (Å²) in [5.74, 6) is -0.941. The number of pyridine rings is 1. The fourth-order valence-electron chi connectivity index (χ4n) is 2.28. The Bertz CT molecular complexity index is 621. The van der Waals surface area contributed by atoms with E-state index in [2.05, 4.69) is 4.98 Å². The number of hydrogen-bond donors (Lipinski definition) is 1. The third-order valence-corrected chi connectivity index (χ3v) is 3.25. The summed E-state index contributed by atoms with van der Waals surface area (Å²) in [4.78, 5) is 21.0. The molecule has 0 unspecified atom stereocenters. The Morgan fingerprint density at radius 2 is 2.21 bits per heavy atom. The van der Waals surface area contributed by atoms with Crippen molar-refractivity contribution in [2.24, 2.45) is 0 Å². The number of rotatable bonds is 2. The molecule has 19 heavy (non-hydrogen) atoms. The van der Waals surface area contributed by atoms with E-state index in [9.17, 15) is 9.90 Å². The van der Waals surface area contributed by atoms with Crippen LogP contribution in [0.15, 0.2) is 30.5 Å². The first-order chi connectivity index (χ1) is 9.25. The number of benzene rings is 1. The molecule has 0 bridgehead atoms. The second-order valence-electron chi connectivity index (χ2n) is 4.51. The van der Waals surface area contributed by atoms with Crippen molar-refractivity contribution in [3.05, 3.63) is 36.0 Å². The Kier molecular flexibility index (Phi) is 3.05. The number of hydrogen-bond acceptors (Lipinski definition) is 4. The number of fused-ring (bicyclic) bond motifs is 1. The Labute approximate surface area is 110 Å². The number of hydroxylamine groups is 1. The third kappa shape index (κ3) is 2.24. The molecule has 0 amide bonds. The Morgan fingerprint density at radius 1 is 1.32 bits per heavy atom. The summed E-state index contributed by atoms with van der Waals surface area (Å²) >= 11 is 0. The van der Waals surface area contributed by atoms with Crippen molar-refractivity contribution in [1.82, 2.24) is 4.98 Å². The monoisotopic (exact) mass is 258 g/mol. The van der Waals surface area contributed by atoms with E-state index in [4.69, 9.17) is 4.84 Å². The number of nitrogens with zero attached hydrogens (tertiary/aromatic N) is 2. The number of anilines is 1. The van der Waals surface area contributed by atoms with Gasteiger partial charge in [-0.3, -0.25) is 14.9 Å². The zero-order chi connectivity index (χ0) is 13.2. The molecular formula is C14H14N2O3. The molecule has 0 atom stereocenters. The number of aromatic nitrogens is 1. The van der Waals surface area contributed by atoms with Gasteiger partial charge < -0.3 is 5.11 Å². The van der Waals surface area contributed by atoms with Gasteiger partial charge in [0, 0.05) is 18.1 Å². The smallest absolute Gasteiger partial charge is 0.336 e. The second-order valence-corrected chi connectivity index (χ2v) is 4.51. The van der Waals surface area contributed by atoms with Gasteiger partial charge in [0.2, 0.25) is 0 Å². The summed E-state index contributed by atoms with van der Waals surface area (Å²) in [6, 6.07) is 7.09. The Morgan fingerprint density at radius 3 is 2.95 bits per heavy atom. The molecule has 1 aromatic carbocycles. The molecule has 1 aliphatic rings. The SMILES string of the molecule is O=C(O)c1ccnc2ccc(N3CCCCO3)cc12. The molecule has 98 valence electrons. The highest BCUT2D eigenvalue weighted by atomic mass is 16.7. The van der Waals surface area contributed by atoms with Crippen LogP contribution in [0.3, 0.4) is 0 Å². The van der Waals surface area contributed by atoms with Gasteiger partial charge in [-0.05, 0) is 37.1 Å². The van der Waals surface area contributed by atoms with Crippen molar-refractivity contribution in [3.8, 4) is 0 Å². The average Bonchev–Trinajstić information content (AvgIpc) is 2.47. The molecule has 1 aromatic heterocycles. The average molecular weight is 258 g/mol. The van der Waals surface area contributed by atoms with E-state index < -0.39 is 5.97 Å². The number of carboxylic acids is 1. The first-order valence-electron chi connectivity index (χ1n) is 6.28. The lowest BCUT2D eigenvalue weighted by atomic mass is 10.1. The van der Waals surface area contributed by atoms with Crippen molar-refractivity contribution in [1.29, 1.82) is 0 Å². The summed E-state index contributed by atoms with van der Waals surface area (Å²) in [7, 11) is 0. The van der Waals surface area contributed by atoms with Crippen molar-refractivity contribution < 1.29 is 14.7 Å². The van der Waals surface area contributed by atoms with Crippen LogP contribution >= 0.6 is 0 Å². The van der Waals surface area contributed by atoms with Gasteiger partial charge >= 0.3 is 5.97 Å². The molecule has 3 rings (SSSR count). The molecule has 0 aliphatic carbocycles. The lowest BCUT2D eigenvalue weighted by Crippen LogP contribution is -2.29. The molecule has 5 nitrogen and oxygen atoms in total. The molecule has 0 spiro atoms. The standard InChI is InChI=1S/C14H14N2O3/c17-14(18)11-5-6-15-13-4-3-10(9-12(11)13)16-7-1-2-8-19-16/h3-6,9H,1-2,7-8H2,(H,17,18). The van der Waals surface area contributed by atoms with E-state index in [1.807, 2.05) is 23.3 Å². The highest BCUT2D eigenvalue weighted by Gasteiger charge is 2.15. The van der Waals surface area contributed by atoms with Gasteiger partial charge in [-0.15, -0.1) is 0 Å². The van der Waals surface area contributed by atoms with E-state index in [-0.39, 0.29) is 5.56 Å². The fourth-order valence-corrected chi connectivity index (χ4v) is 2.28. The molecule has 5 heteroatoms. The molecule has 1 fully saturated rings. The zero-order valence-corrected chi connectivity index (χ0v) is 10.4. The minimum Gasteiger partial charge on any atom is -0.478 e. The normalized spacial score (nSPS) is 15.7. The van der Waals surface area contributed by atoms with E-state index in [1.54, 1.807) is 0 Å². The quantitative estimate of drug-likeness (QED) is 0.896. The highest BCUT2D eigenvalue weighted by molar-refractivity contribution is 6.03. The predicted molar refractivity (Wildman–Crippen MR) is 71.2 cm³/mol. The summed E-state index contributed by atoms with van der Waals surface area (Å²) in [5, 5.41) is 11.7. The Balaban J connectivity index is 2.08. The largest absolute Gasteiger partial charge is 0.478 e. The summed E-state index contributed by atoms with van der Waals surface area (Å²) in [6.07, 6.45) is 3.66. The summed E-state index contributed by atoms with van der Waals surface area (Å²) in [6.45, 7) is 1.53. The Hall–Kier alpha value is -2.14. The van der Waals surface area contributed by atoms with E-state index in [0.29, 0.717) is 17.5 Å². The van der Waals surface area contributed by atoms with Crippen LogP contribution in [0.5, 0.6) is 0 Å².